The average molecular weight is 248 g/mol. The lowest BCUT2D eigenvalue weighted by atomic mass is 10.3. The molecule has 0 spiro atoms. The minimum absolute atomic E-state index is 0.0796. The maximum atomic E-state index is 9.05. The molecular formula is C8H14ClN5O2. The number of methoxy groups -OCH3 is 1. The summed E-state index contributed by atoms with van der Waals surface area (Å²) in [7, 11) is 3.22. The van der Waals surface area contributed by atoms with E-state index in [1.54, 1.807) is 14.2 Å². The van der Waals surface area contributed by atoms with Gasteiger partial charge in [-0.2, -0.15) is 15.0 Å². The number of nitrogens with one attached hydrogen (secondary N) is 2. The third-order valence-corrected chi connectivity index (χ3v) is 1.92. The summed E-state index contributed by atoms with van der Waals surface area (Å²) in [5.74, 6) is 0.650. The lowest BCUT2D eigenvalue weighted by molar-refractivity contribution is 0.153. The first-order chi connectivity index (χ1) is 7.69. The summed E-state index contributed by atoms with van der Waals surface area (Å²) >= 11 is 5.70. The molecule has 7 nitrogen and oxygen atoms in total. The predicted molar refractivity (Wildman–Crippen MR) is 60.8 cm³/mol. The summed E-state index contributed by atoms with van der Waals surface area (Å²) in [6, 6.07) is -0.284. The first-order valence-corrected chi connectivity index (χ1v) is 5.03. The molecule has 0 aliphatic rings. The topological polar surface area (TPSA) is 92.2 Å². The highest BCUT2D eigenvalue weighted by Gasteiger charge is 2.10. The molecule has 0 saturated heterocycles. The number of aromatic nitrogens is 3. The van der Waals surface area contributed by atoms with E-state index in [0.717, 1.165) is 0 Å². The van der Waals surface area contributed by atoms with Crippen molar-refractivity contribution in [1.82, 2.24) is 15.0 Å². The van der Waals surface area contributed by atoms with Crippen molar-refractivity contribution in [2.75, 3.05) is 38.0 Å². The number of ether oxygens (including phenoxy) is 1. The van der Waals surface area contributed by atoms with Crippen molar-refractivity contribution in [3.05, 3.63) is 5.28 Å². The van der Waals surface area contributed by atoms with Crippen LogP contribution in [0.5, 0.6) is 0 Å². The van der Waals surface area contributed by atoms with Crippen LogP contribution in [0.25, 0.3) is 0 Å². The number of rotatable bonds is 6. The van der Waals surface area contributed by atoms with E-state index < -0.39 is 0 Å². The van der Waals surface area contributed by atoms with Gasteiger partial charge in [-0.3, -0.25) is 0 Å². The zero-order valence-corrected chi connectivity index (χ0v) is 9.82. The summed E-state index contributed by atoms with van der Waals surface area (Å²) in [5, 5.41) is 14.8. The molecule has 90 valence electrons. The minimum Gasteiger partial charge on any atom is -0.394 e. The normalized spacial score (nSPS) is 12.2. The fourth-order valence-corrected chi connectivity index (χ4v) is 1.21. The van der Waals surface area contributed by atoms with Crippen LogP contribution < -0.4 is 10.6 Å². The fourth-order valence-electron chi connectivity index (χ4n) is 1.05. The molecule has 0 aromatic carbocycles. The van der Waals surface area contributed by atoms with E-state index >= 15 is 0 Å². The molecule has 1 aromatic heterocycles. The SMILES string of the molecule is CNc1nc(Cl)nc(NC(CO)COC)n1. The van der Waals surface area contributed by atoms with E-state index in [1.807, 2.05) is 0 Å². The first-order valence-electron chi connectivity index (χ1n) is 4.65. The molecule has 0 saturated carbocycles. The molecule has 1 unspecified atom stereocenters. The van der Waals surface area contributed by atoms with Crippen LogP contribution in [-0.4, -0.2) is 53.5 Å². The van der Waals surface area contributed by atoms with Gasteiger partial charge in [0, 0.05) is 14.2 Å². The Morgan fingerprint density at radius 1 is 1.38 bits per heavy atom. The second kappa shape index (κ2) is 6.41. The monoisotopic (exact) mass is 247 g/mol. The molecule has 1 heterocycles. The van der Waals surface area contributed by atoms with Crippen LogP contribution in [0.4, 0.5) is 11.9 Å². The maximum Gasteiger partial charge on any atom is 0.229 e. The summed E-state index contributed by atoms with van der Waals surface area (Å²) in [4.78, 5) is 11.7. The van der Waals surface area contributed by atoms with Crippen LogP contribution in [0.2, 0.25) is 5.28 Å². The number of halogens is 1. The van der Waals surface area contributed by atoms with Gasteiger partial charge in [-0.1, -0.05) is 0 Å². The largest absolute Gasteiger partial charge is 0.394 e. The number of aliphatic hydroxyl groups excluding tert-OH is 1. The molecule has 3 N–H and O–H groups in total. The van der Waals surface area contributed by atoms with Crippen LogP contribution >= 0.6 is 11.6 Å². The van der Waals surface area contributed by atoms with Crippen molar-refractivity contribution in [2.24, 2.45) is 0 Å². The first kappa shape index (κ1) is 12.9. The Balaban J connectivity index is 2.74. The van der Waals surface area contributed by atoms with E-state index in [1.165, 1.54) is 0 Å². The number of anilines is 2. The smallest absolute Gasteiger partial charge is 0.229 e. The second-order valence-electron chi connectivity index (χ2n) is 2.98. The Morgan fingerprint density at radius 2 is 2.06 bits per heavy atom. The van der Waals surface area contributed by atoms with E-state index in [2.05, 4.69) is 25.6 Å². The van der Waals surface area contributed by atoms with Crippen LogP contribution in [0, 0.1) is 0 Å². The predicted octanol–water partition coefficient (Wildman–Crippen LogP) is -0.0141. The van der Waals surface area contributed by atoms with E-state index in [9.17, 15) is 0 Å². The van der Waals surface area contributed by atoms with Gasteiger partial charge in [-0.15, -0.1) is 0 Å². The van der Waals surface area contributed by atoms with Gasteiger partial charge in [0.1, 0.15) is 0 Å². The molecule has 16 heavy (non-hydrogen) atoms. The molecule has 0 fully saturated rings. The van der Waals surface area contributed by atoms with Crippen molar-refractivity contribution < 1.29 is 9.84 Å². The van der Waals surface area contributed by atoms with Gasteiger partial charge in [-0.05, 0) is 11.6 Å². The van der Waals surface area contributed by atoms with Crippen LogP contribution in [0.1, 0.15) is 0 Å². The molecule has 0 radical (unpaired) electrons. The summed E-state index contributed by atoms with van der Waals surface area (Å²) in [5.41, 5.74) is 0. The molecule has 0 bridgehead atoms. The lowest BCUT2D eigenvalue weighted by Crippen LogP contribution is -2.29. The second-order valence-corrected chi connectivity index (χ2v) is 3.32. The highest BCUT2D eigenvalue weighted by atomic mass is 35.5. The molecule has 1 aromatic rings. The molecule has 0 aliphatic heterocycles. The van der Waals surface area contributed by atoms with Crippen LogP contribution in [0.3, 0.4) is 0 Å². The average Bonchev–Trinajstić information content (AvgIpc) is 2.27. The van der Waals surface area contributed by atoms with Crippen molar-refractivity contribution >= 4 is 23.5 Å². The molecule has 1 atom stereocenters. The Bertz CT molecular complexity index is 338. The zero-order valence-electron chi connectivity index (χ0n) is 9.07. The summed E-state index contributed by atoms with van der Waals surface area (Å²) < 4.78 is 4.91. The highest BCUT2D eigenvalue weighted by molar-refractivity contribution is 6.28. The number of hydrogen-bond donors (Lipinski definition) is 3. The summed E-state index contributed by atoms with van der Waals surface area (Å²) in [6.07, 6.45) is 0. The third-order valence-electron chi connectivity index (χ3n) is 1.75. The van der Waals surface area contributed by atoms with Gasteiger partial charge in [0.25, 0.3) is 0 Å². The Hall–Kier alpha value is -1.18. The Kier molecular flexibility index (Phi) is 5.17. The van der Waals surface area contributed by atoms with Crippen LogP contribution in [0.15, 0.2) is 0 Å². The van der Waals surface area contributed by atoms with E-state index in [-0.39, 0.29) is 17.9 Å². The third kappa shape index (κ3) is 3.76. The number of aliphatic hydroxyl groups is 1. The van der Waals surface area contributed by atoms with Gasteiger partial charge >= 0.3 is 0 Å². The van der Waals surface area contributed by atoms with Gasteiger partial charge in [0.15, 0.2) is 0 Å². The Morgan fingerprint density at radius 3 is 2.62 bits per heavy atom. The van der Waals surface area contributed by atoms with E-state index in [4.69, 9.17) is 21.4 Å². The highest BCUT2D eigenvalue weighted by Crippen LogP contribution is 2.09. The van der Waals surface area contributed by atoms with Crippen LogP contribution in [-0.2, 0) is 4.74 Å². The minimum atomic E-state index is -0.284. The van der Waals surface area contributed by atoms with Crippen molar-refractivity contribution in [2.45, 2.75) is 6.04 Å². The molecule has 1 rings (SSSR count). The van der Waals surface area contributed by atoms with Crippen molar-refractivity contribution in [1.29, 1.82) is 0 Å². The molecule has 8 heteroatoms. The number of nitrogens with zero attached hydrogens (tertiary/aromatic N) is 3. The standard InChI is InChI=1S/C8H14ClN5O2/c1-10-7-12-6(9)13-8(14-7)11-5(3-15)4-16-2/h5,15H,3-4H2,1-2H3,(H2,10,11,12,13,14). The van der Waals surface area contributed by atoms with Gasteiger partial charge < -0.3 is 20.5 Å². The quantitative estimate of drug-likeness (QED) is 0.651. The van der Waals surface area contributed by atoms with Crippen molar-refractivity contribution in [3.8, 4) is 0 Å². The van der Waals surface area contributed by atoms with Crippen molar-refractivity contribution in [3.63, 3.8) is 0 Å². The zero-order chi connectivity index (χ0) is 12.0. The maximum absolute atomic E-state index is 9.05. The Labute approximate surface area is 98.2 Å². The lowest BCUT2D eigenvalue weighted by Gasteiger charge is -2.15. The molecular weight excluding hydrogens is 234 g/mol. The van der Waals surface area contributed by atoms with Gasteiger partial charge in [0.2, 0.25) is 17.2 Å². The molecule has 0 aliphatic carbocycles. The summed E-state index contributed by atoms with van der Waals surface area (Å²) in [6.45, 7) is 0.251. The number of hydrogen-bond acceptors (Lipinski definition) is 7. The fraction of sp³-hybridized carbons (Fsp3) is 0.625. The van der Waals surface area contributed by atoms with Gasteiger partial charge in [-0.25, -0.2) is 0 Å². The van der Waals surface area contributed by atoms with Gasteiger partial charge in [0.05, 0.1) is 19.3 Å². The van der Waals surface area contributed by atoms with E-state index in [0.29, 0.717) is 18.5 Å². The molecule has 0 amide bonds.